The van der Waals surface area contributed by atoms with Gasteiger partial charge in [-0.2, -0.15) is 0 Å². The lowest BCUT2D eigenvalue weighted by molar-refractivity contribution is -0.122. The third kappa shape index (κ3) is 4.34. The molecule has 0 aromatic carbocycles. The molecule has 0 aromatic rings. The van der Waals surface area contributed by atoms with E-state index >= 15 is 0 Å². The number of halogens is 1. The van der Waals surface area contributed by atoms with Gasteiger partial charge in [0.15, 0.2) is 0 Å². The average molecular weight is 279 g/mol. The summed E-state index contributed by atoms with van der Waals surface area (Å²) in [6.45, 7) is 5.40. The van der Waals surface area contributed by atoms with Gasteiger partial charge in [0, 0.05) is 18.2 Å². The summed E-state index contributed by atoms with van der Waals surface area (Å²) in [6, 6.07) is 0.0415. The zero-order chi connectivity index (χ0) is 11.6. The van der Waals surface area contributed by atoms with Gasteiger partial charge in [0.1, 0.15) is 0 Å². The standard InChI is InChI=1S/C12H22N2OS.ClH/c1-9(2)5-12(3-4-12)7-13-11(15)10-6-16-8-14-10;/h9-10,14H,3-8H2,1-2H3,(H,13,15);1H. The van der Waals surface area contributed by atoms with E-state index in [1.54, 1.807) is 11.8 Å². The van der Waals surface area contributed by atoms with Gasteiger partial charge >= 0.3 is 0 Å². The quantitative estimate of drug-likeness (QED) is 0.808. The molecule has 1 aliphatic carbocycles. The molecule has 2 N–H and O–H groups in total. The Kier molecular flexibility index (Phi) is 5.61. The molecule has 0 bridgehead atoms. The largest absolute Gasteiger partial charge is 0.354 e. The molecular weight excluding hydrogens is 256 g/mol. The highest BCUT2D eigenvalue weighted by atomic mass is 35.5. The molecule has 1 saturated carbocycles. The number of amides is 1. The van der Waals surface area contributed by atoms with E-state index in [0.717, 1.165) is 24.1 Å². The summed E-state index contributed by atoms with van der Waals surface area (Å²) in [5, 5.41) is 6.32. The lowest BCUT2D eigenvalue weighted by atomic mass is 9.94. The van der Waals surface area contributed by atoms with Crippen molar-refractivity contribution in [3.8, 4) is 0 Å². The molecule has 1 saturated heterocycles. The summed E-state index contributed by atoms with van der Waals surface area (Å²) >= 11 is 1.80. The summed E-state index contributed by atoms with van der Waals surface area (Å²) < 4.78 is 0. The van der Waals surface area contributed by atoms with Crippen molar-refractivity contribution in [2.75, 3.05) is 18.2 Å². The van der Waals surface area contributed by atoms with E-state index in [2.05, 4.69) is 24.5 Å². The van der Waals surface area contributed by atoms with E-state index in [1.807, 2.05) is 0 Å². The minimum absolute atomic E-state index is 0. The molecule has 17 heavy (non-hydrogen) atoms. The predicted octanol–water partition coefficient (Wildman–Crippen LogP) is 2.01. The molecule has 2 fully saturated rings. The van der Waals surface area contributed by atoms with Gasteiger partial charge < -0.3 is 5.32 Å². The average Bonchev–Trinajstić information content (AvgIpc) is 2.80. The van der Waals surface area contributed by atoms with E-state index in [1.165, 1.54) is 19.3 Å². The highest BCUT2D eigenvalue weighted by Crippen LogP contribution is 2.49. The van der Waals surface area contributed by atoms with Crippen LogP contribution in [0.5, 0.6) is 0 Å². The second kappa shape index (κ2) is 6.30. The molecule has 100 valence electrons. The number of carbonyl (C=O) groups is 1. The van der Waals surface area contributed by atoms with E-state index in [4.69, 9.17) is 0 Å². The third-order valence-electron chi connectivity index (χ3n) is 3.47. The Balaban J connectivity index is 0.00000144. The fourth-order valence-electron chi connectivity index (χ4n) is 2.46. The van der Waals surface area contributed by atoms with E-state index in [-0.39, 0.29) is 24.4 Å². The maximum atomic E-state index is 11.8. The van der Waals surface area contributed by atoms with E-state index in [0.29, 0.717) is 5.41 Å². The Morgan fingerprint density at radius 1 is 1.53 bits per heavy atom. The Hall–Kier alpha value is 0.0700. The van der Waals surface area contributed by atoms with Crippen LogP contribution >= 0.6 is 24.2 Å². The fourth-order valence-corrected chi connectivity index (χ4v) is 3.40. The van der Waals surface area contributed by atoms with Gasteiger partial charge in [-0.1, -0.05) is 13.8 Å². The molecule has 2 rings (SSSR count). The summed E-state index contributed by atoms with van der Waals surface area (Å²) in [7, 11) is 0. The van der Waals surface area contributed by atoms with E-state index in [9.17, 15) is 4.79 Å². The molecular formula is C12H23ClN2OS. The predicted molar refractivity (Wildman–Crippen MR) is 75.6 cm³/mol. The number of rotatable bonds is 5. The topological polar surface area (TPSA) is 41.1 Å². The summed E-state index contributed by atoms with van der Waals surface area (Å²) in [6.07, 6.45) is 3.83. The Morgan fingerprint density at radius 2 is 2.24 bits per heavy atom. The van der Waals surface area contributed by atoms with Gasteiger partial charge in [-0.3, -0.25) is 10.1 Å². The first-order chi connectivity index (χ1) is 7.61. The highest BCUT2D eigenvalue weighted by molar-refractivity contribution is 7.99. The van der Waals surface area contributed by atoms with Crippen molar-refractivity contribution >= 4 is 30.1 Å². The zero-order valence-electron chi connectivity index (χ0n) is 10.6. The minimum atomic E-state index is 0. The van der Waals surface area contributed by atoms with Crippen LogP contribution in [0.25, 0.3) is 0 Å². The molecule has 1 aliphatic heterocycles. The van der Waals surface area contributed by atoms with Gasteiger partial charge in [-0.05, 0) is 30.6 Å². The van der Waals surface area contributed by atoms with Gasteiger partial charge in [0.25, 0.3) is 0 Å². The van der Waals surface area contributed by atoms with Crippen molar-refractivity contribution in [1.29, 1.82) is 0 Å². The number of hydrogen-bond acceptors (Lipinski definition) is 3. The summed E-state index contributed by atoms with van der Waals surface area (Å²) in [4.78, 5) is 11.8. The van der Waals surface area contributed by atoms with Gasteiger partial charge in [-0.25, -0.2) is 0 Å². The van der Waals surface area contributed by atoms with Crippen LogP contribution in [-0.4, -0.2) is 30.1 Å². The van der Waals surface area contributed by atoms with Crippen LogP contribution in [0, 0.1) is 11.3 Å². The minimum Gasteiger partial charge on any atom is -0.354 e. The van der Waals surface area contributed by atoms with Crippen LogP contribution in [0.4, 0.5) is 0 Å². The number of thioether (sulfide) groups is 1. The van der Waals surface area contributed by atoms with Crippen LogP contribution < -0.4 is 10.6 Å². The first kappa shape index (κ1) is 15.1. The van der Waals surface area contributed by atoms with Crippen molar-refractivity contribution in [1.82, 2.24) is 10.6 Å². The Morgan fingerprint density at radius 3 is 2.71 bits per heavy atom. The van der Waals surface area contributed by atoms with Gasteiger partial charge in [-0.15, -0.1) is 24.2 Å². The van der Waals surface area contributed by atoms with Crippen molar-refractivity contribution in [3.63, 3.8) is 0 Å². The second-order valence-electron chi connectivity index (χ2n) is 5.59. The van der Waals surface area contributed by atoms with Crippen LogP contribution in [0.3, 0.4) is 0 Å². The zero-order valence-corrected chi connectivity index (χ0v) is 12.3. The van der Waals surface area contributed by atoms with Crippen LogP contribution in [-0.2, 0) is 4.79 Å². The number of carbonyl (C=O) groups excluding carboxylic acids is 1. The molecule has 2 aliphatic rings. The lowest BCUT2D eigenvalue weighted by Crippen LogP contribution is -2.44. The lowest BCUT2D eigenvalue weighted by Gasteiger charge is -2.19. The molecule has 0 radical (unpaired) electrons. The Bertz CT molecular complexity index is 263. The third-order valence-corrected chi connectivity index (χ3v) is 4.41. The first-order valence-corrected chi connectivity index (χ1v) is 7.36. The molecule has 3 nitrogen and oxygen atoms in total. The van der Waals surface area contributed by atoms with Crippen LogP contribution in [0.2, 0.25) is 0 Å². The number of nitrogens with one attached hydrogen (secondary N) is 2. The van der Waals surface area contributed by atoms with Crippen molar-refractivity contribution in [2.24, 2.45) is 11.3 Å². The Labute approximate surface area is 114 Å². The van der Waals surface area contributed by atoms with Crippen molar-refractivity contribution in [3.05, 3.63) is 0 Å². The molecule has 5 heteroatoms. The second-order valence-corrected chi connectivity index (χ2v) is 6.62. The first-order valence-electron chi connectivity index (χ1n) is 6.20. The van der Waals surface area contributed by atoms with Crippen LogP contribution in [0.1, 0.15) is 33.1 Å². The highest BCUT2D eigenvalue weighted by Gasteiger charge is 2.43. The van der Waals surface area contributed by atoms with Gasteiger partial charge in [0.05, 0.1) is 6.04 Å². The molecule has 1 heterocycles. The van der Waals surface area contributed by atoms with E-state index < -0.39 is 0 Å². The van der Waals surface area contributed by atoms with Crippen molar-refractivity contribution < 1.29 is 4.79 Å². The fraction of sp³-hybridized carbons (Fsp3) is 0.917. The number of hydrogen-bond donors (Lipinski definition) is 2. The summed E-state index contributed by atoms with van der Waals surface area (Å²) in [5.41, 5.74) is 0.440. The monoisotopic (exact) mass is 278 g/mol. The SMILES string of the molecule is CC(C)CC1(CNC(=O)C2CSCN2)CC1.Cl. The van der Waals surface area contributed by atoms with Crippen molar-refractivity contribution in [2.45, 2.75) is 39.2 Å². The van der Waals surface area contributed by atoms with Crippen LogP contribution in [0.15, 0.2) is 0 Å². The molecule has 1 atom stereocenters. The molecule has 1 amide bonds. The molecule has 0 aromatic heterocycles. The maximum absolute atomic E-state index is 11.8. The van der Waals surface area contributed by atoms with Gasteiger partial charge in [0.2, 0.25) is 5.91 Å². The summed E-state index contributed by atoms with van der Waals surface area (Å²) in [5.74, 6) is 2.76. The molecule has 1 unspecified atom stereocenters. The smallest absolute Gasteiger partial charge is 0.238 e. The maximum Gasteiger partial charge on any atom is 0.238 e. The normalized spacial score (nSPS) is 25.5. The molecule has 0 spiro atoms.